The summed E-state index contributed by atoms with van der Waals surface area (Å²) in [5, 5.41) is 11.4. The number of benzene rings is 3. The first-order valence-corrected chi connectivity index (χ1v) is 10.9. The third-order valence-electron chi connectivity index (χ3n) is 5.47. The molecular weight excluding hydrogens is 443 g/mol. The SMILES string of the molecule is COc1ccc(C(O)=C2C(=O)C(=O)N(c3nc4ccc(F)cc4s3)[C@H]2c2ccccc2)cc1. The van der Waals surface area contributed by atoms with Crippen LogP contribution in [0.15, 0.2) is 78.4 Å². The number of Topliss-reactive ketones (excluding diaryl/α,β-unsaturated/α-hetero) is 1. The molecule has 0 radical (unpaired) electrons. The van der Waals surface area contributed by atoms with E-state index in [1.807, 2.05) is 6.07 Å². The van der Waals surface area contributed by atoms with Crippen LogP contribution in [0.25, 0.3) is 16.0 Å². The summed E-state index contributed by atoms with van der Waals surface area (Å²) in [6.45, 7) is 0. The number of halogens is 1. The van der Waals surface area contributed by atoms with Gasteiger partial charge >= 0.3 is 5.91 Å². The minimum atomic E-state index is -0.890. The van der Waals surface area contributed by atoms with Gasteiger partial charge < -0.3 is 9.84 Å². The number of hydrogen-bond acceptors (Lipinski definition) is 6. The lowest BCUT2D eigenvalue weighted by molar-refractivity contribution is -0.132. The number of thiazole rings is 1. The summed E-state index contributed by atoms with van der Waals surface area (Å²) >= 11 is 1.11. The molecule has 0 unspecified atom stereocenters. The van der Waals surface area contributed by atoms with Gasteiger partial charge in [0.15, 0.2) is 5.13 Å². The number of ketones is 1. The average molecular weight is 460 g/mol. The predicted octanol–water partition coefficient (Wildman–Crippen LogP) is 5.07. The van der Waals surface area contributed by atoms with Crippen molar-refractivity contribution < 1.29 is 23.8 Å². The second-order valence-corrected chi connectivity index (χ2v) is 8.43. The number of carbonyl (C=O) groups excluding carboxylic acids is 2. The first-order chi connectivity index (χ1) is 16.0. The van der Waals surface area contributed by atoms with Crippen molar-refractivity contribution in [3.63, 3.8) is 0 Å². The van der Waals surface area contributed by atoms with Gasteiger partial charge in [0.1, 0.15) is 17.3 Å². The van der Waals surface area contributed by atoms with Crippen LogP contribution in [0.2, 0.25) is 0 Å². The number of methoxy groups -OCH3 is 1. The minimum absolute atomic E-state index is 0.0400. The van der Waals surface area contributed by atoms with E-state index in [2.05, 4.69) is 4.98 Å². The summed E-state index contributed by atoms with van der Waals surface area (Å²) < 4.78 is 19.4. The second kappa shape index (κ2) is 8.14. The van der Waals surface area contributed by atoms with Gasteiger partial charge in [0.05, 0.1) is 28.9 Å². The Labute approximate surface area is 192 Å². The number of fused-ring (bicyclic) bond motifs is 1. The summed E-state index contributed by atoms with van der Waals surface area (Å²) in [6.07, 6.45) is 0. The summed E-state index contributed by atoms with van der Waals surface area (Å²) in [4.78, 5) is 32.1. The highest BCUT2D eigenvalue weighted by atomic mass is 32.1. The van der Waals surface area contributed by atoms with Crippen molar-refractivity contribution in [2.45, 2.75) is 6.04 Å². The van der Waals surface area contributed by atoms with Crippen molar-refractivity contribution in [2.24, 2.45) is 0 Å². The molecule has 6 nitrogen and oxygen atoms in total. The number of aliphatic hydroxyl groups is 1. The highest BCUT2D eigenvalue weighted by Gasteiger charge is 2.48. The standard InChI is InChI=1S/C25H17FN2O4S/c1-32-17-10-7-15(8-11-17)22(29)20-21(14-5-3-2-4-6-14)28(24(31)23(20)30)25-27-18-12-9-16(26)13-19(18)33-25/h2-13,21,29H,1H3/t21-/m0/s1. The average Bonchev–Trinajstić information content (AvgIpc) is 3.37. The molecule has 0 bridgehead atoms. The fourth-order valence-corrected chi connectivity index (χ4v) is 4.89. The number of rotatable bonds is 4. The largest absolute Gasteiger partial charge is 0.507 e. The van der Waals surface area contributed by atoms with Crippen LogP contribution in [0.5, 0.6) is 5.75 Å². The number of aromatic nitrogens is 1. The maximum atomic E-state index is 13.7. The molecular formula is C25H17FN2O4S. The van der Waals surface area contributed by atoms with Gasteiger partial charge in [-0.25, -0.2) is 9.37 Å². The van der Waals surface area contributed by atoms with Crippen LogP contribution >= 0.6 is 11.3 Å². The number of ether oxygens (including phenoxy) is 1. The van der Waals surface area contributed by atoms with Gasteiger partial charge in [0, 0.05) is 5.56 Å². The van der Waals surface area contributed by atoms with Crippen LogP contribution in [0.1, 0.15) is 17.2 Å². The van der Waals surface area contributed by atoms with E-state index < -0.39 is 23.5 Å². The van der Waals surface area contributed by atoms with Crippen molar-refractivity contribution in [2.75, 3.05) is 12.0 Å². The van der Waals surface area contributed by atoms with E-state index >= 15 is 0 Å². The molecule has 8 heteroatoms. The zero-order valence-corrected chi connectivity index (χ0v) is 18.2. The van der Waals surface area contributed by atoms with E-state index in [0.717, 1.165) is 11.3 Å². The molecule has 33 heavy (non-hydrogen) atoms. The van der Waals surface area contributed by atoms with Gasteiger partial charge in [0.2, 0.25) is 0 Å². The van der Waals surface area contributed by atoms with Gasteiger partial charge in [-0.2, -0.15) is 0 Å². The van der Waals surface area contributed by atoms with E-state index in [4.69, 9.17) is 4.74 Å². The molecule has 1 aromatic heterocycles. The van der Waals surface area contributed by atoms with Crippen LogP contribution in [-0.4, -0.2) is 28.9 Å². The van der Waals surface area contributed by atoms with Crippen molar-refractivity contribution in [3.05, 3.63) is 95.3 Å². The van der Waals surface area contributed by atoms with Crippen LogP contribution in [0, 0.1) is 5.82 Å². The van der Waals surface area contributed by atoms with Crippen LogP contribution < -0.4 is 9.64 Å². The fourth-order valence-electron chi connectivity index (χ4n) is 3.87. The molecule has 1 aliphatic heterocycles. The Hall–Kier alpha value is -4.04. The number of aliphatic hydroxyl groups excluding tert-OH is 1. The lowest BCUT2D eigenvalue weighted by Crippen LogP contribution is -2.29. The van der Waals surface area contributed by atoms with Gasteiger partial charge in [-0.3, -0.25) is 14.5 Å². The summed E-state index contributed by atoms with van der Waals surface area (Å²) in [5.41, 5.74) is 1.49. The first kappa shape index (κ1) is 20.8. The zero-order valence-electron chi connectivity index (χ0n) is 17.4. The highest BCUT2D eigenvalue weighted by molar-refractivity contribution is 7.22. The number of carbonyl (C=O) groups is 2. The molecule has 2 heterocycles. The third kappa shape index (κ3) is 3.54. The van der Waals surface area contributed by atoms with Crippen molar-refractivity contribution in [1.29, 1.82) is 0 Å². The van der Waals surface area contributed by atoms with E-state index in [-0.39, 0.29) is 16.5 Å². The maximum Gasteiger partial charge on any atom is 0.301 e. The summed E-state index contributed by atoms with van der Waals surface area (Å²) in [7, 11) is 1.53. The lowest BCUT2D eigenvalue weighted by atomic mass is 9.95. The van der Waals surface area contributed by atoms with Gasteiger partial charge in [-0.1, -0.05) is 41.7 Å². The van der Waals surface area contributed by atoms with Gasteiger partial charge in [-0.15, -0.1) is 0 Å². The van der Waals surface area contributed by atoms with E-state index in [1.165, 1.54) is 30.2 Å². The Balaban J connectivity index is 1.70. The lowest BCUT2D eigenvalue weighted by Gasteiger charge is -2.22. The number of hydrogen-bond donors (Lipinski definition) is 1. The second-order valence-electron chi connectivity index (χ2n) is 7.42. The van der Waals surface area contributed by atoms with E-state index in [9.17, 15) is 19.1 Å². The molecule has 1 atom stereocenters. The van der Waals surface area contributed by atoms with Gasteiger partial charge in [0.25, 0.3) is 5.78 Å². The molecule has 1 saturated heterocycles. The minimum Gasteiger partial charge on any atom is -0.507 e. The van der Waals surface area contributed by atoms with Crippen molar-refractivity contribution in [3.8, 4) is 5.75 Å². The molecule has 5 rings (SSSR count). The Morgan fingerprint density at radius 1 is 1.06 bits per heavy atom. The number of amides is 1. The normalized spacial score (nSPS) is 17.6. The molecule has 164 valence electrons. The monoisotopic (exact) mass is 460 g/mol. The molecule has 1 fully saturated rings. The van der Waals surface area contributed by atoms with E-state index in [1.54, 1.807) is 48.5 Å². The quantitative estimate of drug-likeness (QED) is 0.261. The highest BCUT2D eigenvalue weighted by Crippen LogP contribution is 2.44. The maximum absolute atomic E-state index is 13.7. The zero-order chi connectivity index (χ0) is 23.1. The van der Waals surface area contributed by atoms with Crippen molar-refractivity contribution in [1.82, 2.24) is 4.98 Å². The summed E-state index contributed by atoms with van der Waals surface area (Å²) in [5.74, 6) is -1.74. The molecule has 1 aliphatic rings. The molecule has 1 amide bonds. The smallest absolute Gasteiger partial charge is 0.301 e. The third-order valence-corrected chi connectivity index (χ3v) is 6.49. The summed E-state index contributed by atoms with van der Waals surface area (Å²) in [6, 6.07) is 18.8. The Bertz CT molecular complexity index is 1410. The Kier molecular flexibility index (Phi) is 5.14. The Morgan fingerprint density at radius 2 is 1.79 bits per heavy atom. The van der Waals surface area contributed by atoms with Crippen LogP contribution in [0.4, 0.5) is 9.52 Å². The Morgan fingerprint density at radius 3 is 2.48 bits per heavy atom. The predicted molar refractivity (Wildman–Crippen MR) is 124 cm³/mol. The molecule has 0 aliphatic carbocycles. The number of nitrogens with zero attached hydrogens (tertiary/aromatic N) is 2. The van der Waals surface area contributed by atoms with Crippen molar-refractivity contribution >= 4 is 44.1 Å². The van der Waals surface area contributed by atoms with E-state index in [0.29, 0.717) is 27.1 Å². The van der Waals surface area contributed by atoms with Crippen LogP contribution in [0.3, 0.4) is 0 Å². The fraction of sp³-hybridized carbons (Fsp3) is 0.0800. The molecule has 0 spiro atoms. The molecule has 4 aromatic rings. The molecule has 0 saturated carbocycles. The first-order valence-electron chi connectivity index (χ1n) is 10.0. The van der Waals surface area contributed by atoms with Crippen LogP contribution in [-0.2, 0) is 9.59 Å². The number of anilines is 1. The topological polar surface area (TPSA) is 79.7 Å². The van der Waals surface area contributed by atoms with Gasteiger partial charge in [-0.05, 0) is 48.0 Å². The molecule has 1 N–H and O–H groups in total. The molecule has 3 aromatic carbocycles.